The fraction of sp³-hybridized carbons (Fsp3) is 0.385. The predicted octanol–water partition coefficient (Wildman–Crippen LogP) is 1.94. The summed E-state index contributed by atoms with van der Waals surface area (Å²) in [5.74, 6) is 0.163. The fourth-order valence-corrected chi connectivity index (χ4v) is 2.77. The SMILES string of the molecule is O=C1CC2(CC=Nc3ccccc32)CCN1. The summed E-state index contributed by atoms with van der Waals surface area (Å²) in [5.41, 5.74) is 2.27. The number of nitrogens with zero attached hydrogens (tertiary/aromatic N) is 1. The molecule has 1 amide bonds. The number of amides is 1. The van der Waals surface area contributed by atoms with Gasteiger partial charge in [0.05, 0.1) is 5.69 Å². The predicted molar refractivity (Wildman–Crippen MR) is 63.1 cm³/mol. The normalized spacial score (nSPS) is 27.6. The zero-order chi connectivity index (χ0) is 11.0. The second-order valence-corrected chi connectivity index (χ2v) is 4.59. The Kier molecular flexibility index (Phi) is 2.06. The lowest BCUT2D eigenvalue weighted by Crippen LogP contribution is -2.44. The van der Waals surface area contributed by atoms with Gasteiger partial charge in [-0.2, -0.15) is 0 Å². The first-order valence-corrected chi connectivity index (χ1v) is 5.69. The average Bonchev–Trinajstić information content (AvgIpc) is 2.30. The minimum absolute atomic E-state index is 0.000671. The summed E-state index contributed by atoms with van der Waals surface area (Å²) < 4.78 is 0. The van der Waals surface area contributed by atoms with Crippen molar-refractivity contribution in [2.45, 2.75) is 24.7 Å². The molecule has 3 nitrogen and oxygen atoms in total. The van der Waals surface area contributed by atoms with Gasteiger partial charge in [-0.05, 0) is 24.5 Å². The number of rotatable bonds is 0. The molecule has 2 heterocycles. The zero-order valence-corrected chi connectivity index (χ0v) is 9.07. The van der Waals surface area contributed by atoms with Crippen LogP contribution in [0.1, 0.15) is 24.8 Å². The molecule has 0 aliphatic carbocycles. The Labute approximate surface area is 94.6 Å². The Balaban J connectivity index is 2.09. The van der Waals surface area contributed by atoms with Crippen molar-refractivity contribution in [3.05, 3.63) is 29.8 Å². The molecule has 1 atom stereocenters. The summed E-state index contributed by atoms with van der Waals surface area (Å²) >= 11 is 0. The summed E-state index contributed by atoms with van der Waals surface area (Å²) in [6.45, 7) is 0.779. The van der Waals surface area contributed by atoms with Crippen molar-refractivity contribution >= 4 is 17.8 Å². The van der Waals surface area contributed by atoms with Crippen LogP contribution in [0.3, 0.4) is 0 Å². The Bertz CT molecular complexity index is 467. The highest BCUT2D eigenvalue weighted by Gasteiger charge is 2.39. The van der Waals surface area contributed by atoms with Crippen molar-refractivity contribution in [1.29, 1.82) is 0 Å². The molecule has 1 saturated heterocycles. The van der Waals surface area contributed by atoms with E-state index in [2.05, 4.69) is 16.4 Å². The van der Waals surface area contributed by atoms with Gasteiger partial charge in [0, 0.05) is 24.6 Å². The maximum atomic E-state index is 11.6. The standard InChI is InChI=1S/C13H14N2O/c16-12-9-13(6-8-15-12)5-7-14-11-4-2-1-3-10(11)13/h1-4,7H,5-6,8-9H2,(H,15,16). The third-order valence-corrected chi connectivity index (χ3v) is 3.61. The van der Waals surface area contributed by atoms with Gasteiger partial charge in [-0.25, -0.2) is 0 Å². The molecule has 1 unspecified atom stereocenters. The first-order chi connectivity index (χ1) is 7.80. The molecule has 1 fully saturated rings. The molecule has 0 aromatic heterocycles. The highest BCUT2D eigenvalue weighted by atomic mass is 16.1. The van der Waals surface area contributed by atoms with E-state index in [4.69, 9.17) is 0 Å². The van der Waals surface area contributed by atoms with Crippen LogP contribution in [0.5, 0.6) is 0 Å². The van der Waals surface area contributed by atoms with Gasteiger partial charge in [-0.3, -0.25) is 9.79 Å². The molecule has 0 bridgehead atoms. The van der Waals surface area contributed by atoms with Gasteiger partial charge >= 0.3 is 0 Å². The monoisotopic (exact) mass is 214 g/mol. The van der Waals surface area contributed by atoms with E-state index in [0.717, 1.165) is 25.1 Å². The van der Waals surface area contributed by atoms with Crippen LogP contribution in [0.4, 0.5) is 5.69 Å². The minimum atomic E-state index is 0.000671. The first kappa shape index (κ1) is 9.58. The van der Waals surface area contributed by atoms with Gasteiger partial charge in [-0.15, -0.1) is 0 Å². The van der Waals surface area contributed by atoms with Crippen molar-refractivity contribution in [3.63, 3.8) is 0 Å². The maximum Gasteiger partial charge on any atom is 0.220 e. The number of piperidine rings is 1. The van der Waals surface area contributed by atoms with Gasteiger partial charge in [0.25, 0.3) is 0 Å². The molecule has 0 saturated carbocycles. The van der Waals surface area contributed by atoms with Gasteiger partial charge in [0.15, 0.2) is 0 Å². The molecule has 82 valence electrons. The lowest BCUT2D eigenvalue weighted by molar-refractivity contribution is -0.124. The Morgan fingerprint density at radius 1 is 1.31 bits per heavy atom. The average molecular weight is 214 g/mol. The Hall–Kier alpha value is -1.64. The largest absolute Gasteiger partial charge is 0.356 e. The molecule has 1 N–H and O–H groups in total. The van der Waals surface area contributed by atoms with E-state index in [1.54, 1.807) is 0 Å². The van der Waals surface area contributed by atoms with E-state index < -0.39 is 0 Å². The number of fused-ring (bicyclic) bond motifs is 2. The van der Waals surface area contributed by atoms with Crippen LogP contribution in [0.15, 0.2) is 29.3 Å². The highest BCUT2D eigenvalue weighted by molar-refractivity contribution is 5.82. The van der Waals surface area contributed by atoms with Crippen LogP contribution < -0.4 is 5.32 Å². The van der Waals surface area contributed by atoms with Crippen LogP contribution in [-0.4, -0.2) is 18.7 Å². The lowest BCUT2D eigenvalue weighted by Gasteiger charge is -2.38. The van der Waals surface area contributed by atoms with Crippen molar-refractivity contribution in [3.8, 4) is 0 Å². The van der Waals surface area contributed by atoms with Crippen LogP contribution in [0.2, 0.25) is 0 Å². The zero-order valence-electron chi connectivity index (χ0n) is 9.07. The van der Waals surface area contributed by atoms with Crippen molar-refractivity contribution in [2.24, 2.45) is 4.99 Å². The third-order valence-electron chi connectivity index (χ3n) is 3.61. The number of carbonyl (C=O) groups excluding carboxylic acids is 1. The molecule has 1 aromatic rings. The molecule has 3 rings (SSSR count). The molecule has 0 radical (unpaired) electrons. The van der Waals surface area contributed by atoms with E-state index >= 15 is 0 Å². The number of para-hydroxylation sites is 1. The van der Waals surface area contributed by atoms with Crippen molar-refractivity contribution in [2.75, 3.05) is 6.54 Å². The van der Waals surface area contributed by atoms with E-state index in [0.29, 0.717) is 6.42 Å². The molecule has 2 aliphatic heterocycles. The van der Waals surface area contributed by atoms with Crippen LogP contribution in [0.25, 0.3) is 0 Å². The summed E-state index contributed by atoms with van der Waals surface area (Å²) in [6.07, 6.45) is 4.45. The number of carbonyl (C=O) groups is 1. The quantitative estimate of drug-likeness (QED) is 0.704. The van der Waals surface area contributed by atoms with Gasteiger partial charge in [0.1, 0.15) is 0 Å². The number of nitrogens with one attached hydrogen (secondary N) is 1. The number of hydrogen-bond acceptors (Lipinski definition) is 2. The van der Waals surface area contributed by atoms with Crippen molar-refractivity contribution < 1.29 is 4.79 Å². The van der Waals surface area contributed by atoms with E-state index in [9.17, 15) is 4.79 Å². The Morgan fingerprint density at radius 3 is 3.06 bits per heavy atom. The molecular formula is C13H14N2O. The highest BCUT2D eigenvalue weighted by Crippen LogP contribution is 2.43. The Morgan fingerprint density at radius 2 is 2.19 bits per heavy atom. The molecule has 3 heteroatoms. The summed E-state index contributed by atoms with van der Waals surface area (Å²) in [6, 6.07) is 8.18. The topological polar surface area (TPSA) is 41.5 Å². The summed E-state index contributed by atoms with van der Waals surface area (Å²) in [5, 5.41) is 2.90. The van der Waals surface area contributed by atoms with E-state index in [1.165, 1.54) is 5.56 Å². The van der Waals surface area contributed by atoms with Crippen LogP contribution in [0, 0.1) is 0 Å². The smallest absolute Gasteiger partial charge is 0.220 e. The second kappa shape index (κ2) is 3.44. The molecule has 16 heavy (non-hydrogen) atoms. The maximum absolute atomic E-state index is 11.6. The van der Waals surface area contributed by atoms with Gasteiger partial charge in [-0.1, -0.05) is 18.2 Å². The molecular weight excluding hydrogens is 200 g/mol. The molecule has 2 aliphatic rings. The molecule has 1 aromatic carbocycles. The van der Waals surface area contributed by atoms with Crippen molar-refractivity contribution in [1.82, 2.24) is 5.32 Å². The lowest BCUT2D eigenvalue weighted by atomic mass is 9.69. The van der Waals surface area contributed by atoms with E-state index in [1.807, 2.05) is 24.4 Å². The van der Waals surface area contributed by atoms with Gasteiger partial charge < -0.3 is 5.32 Å². The fourth-order valence-electron chi connectivity index (χ4n) is 2.77. The number of benzene rings is 1. The minimum Gasteiger partial charge on any atom is -0.356 e. The summed E-state index contributed by atoms with van der Waals surface area (Å²) in [4.78, 5) is 16.0. The molecule has 1 spiro atoms. The van der Waals surface area contributed by atoms with Crippen LogP contribution in [-0.2, 0) is 10.2 Å². The van der Waals surface area contributed by atoms with E-state index in [-0.39, 0.29) is 11.3 Å². The van der Waals surface area contributed by atoms with Crippen LogP contribution >= 0.6 is 0 Å². The van der Waals surface area contributed by atoms with Gasteiger partial charge in [0.2, 0.25) is 5.91 Å². The number of hydrogen-bond donors (Lipinski definition) is 1. The third kappa shape index (κ3) is 1.35. The number of aliphatic imine (C=N–C) groups is 1. The summed E-state index contributed by atoms with van der Waals surface area (Å²) in [7, 11) is 0. The first-order valence-electron chi connectivity index (χ1n) is 5.69. The second-order valence-electron chi connectivity index (χ2n) is 4.59.